The Balaban J connectivity index is 1.62. The third kappa shape index (κ3) is 9.06. The van der Waals surface area contributed by atoms with E-state index in [1.165, 1.54) is 24.1 Å². The fourth-order valence-corrected chi connectivity index (χ4v) is 7.60. The number of rotatable bonds is 14. The third-order valence-corrected chi connectivity index (χ3v) is 10.8. The van der Waals surface area contributed by atoms with E-state index in [1.54, 1.807) is 39.0 Å². The van der Waals surface area contributed by atoms with Gasteiger partial charge in [-0.2, -0.15) is 8.42 Å². The quantitative estimate of drug-likeness (QED) is 0.157. The maximum absolute atomic E-state index is 14.4. The van der Waals surface area contributed by atoms with Gasteiger partial charge in [0.1, 0.15) is 23.2 Å². The van der Waals surface area contributed by atoms with E-state index in [1.807, 2.05) is 6.92 Å². The molecule has 7 atom stereocenters. The lowest BCUT2D eigenvalue weighted by molar-refractivity contribution is -0.148. The van der Waals surface area contributed by atoms with Gasteiger partial charge in [0.05, 0.1) is 18.1 Å². The highest BCUT2D eigenvalue weighted by Crippen LogP contribution is 2.47. The number of methoxy groups -OCH3 is 1. The van der Waals surface area contributed by atoms with E-state index in [-0.39, 0.29) is 42.0 Å². The number of nitrogens with zero attached hydrogens (tertiary/aromatic N) is 1. The van der Waals surface area contributed by atoms with Gasteiger partial charge in [0.25, 0.3) is 10.1 Å². The molecule has 0 aromatic heterocycles. The molecule has 3 fully saturated rings. The van der Waals surface area contributed by atoms with Gasteiger partial charge >= 0.3 is 12.1 Å². The van der Waals surface area contributed by atoms with Crippen LogP contribution in [0, 0.1) is 17.8 Å². The summed E-state index contributed by atoms with van der Waals surface area (Å²) in [4.78, 5) is 55.2. The SMILES string of the molecule is C=C[C@@H]1C[C@]1(NC(=O)[C@@H]1C[C@H](OS(=O)(=O)c2ccc(Br)cc2)CN1C(=O)[C@@H](NC(=O)OC(C)(C)C)C1C[C@H]1CC/C=C\CC)C(=O)OC. The van der Waals surface area contributed by atoms with Crippen LogP contribution in [0.4, 0.5) is 4.79 Å². The number of alkyl carbamates (subject to hydrolysis) is 1. The summed E-state index contributed by atoms with van der Waals surface area (Å²) >= 11 is 3.28. The molecule has 1 aliphatic heterocycles. The molecule has 0 radical (unpaired) electrons. The van der Waals surface area contributed by atoms with Crippen molar-refractivity contribution in [1.82, 2.24) is 15.5 Å². The highest BCUT2D eigenvalue weighted by molar-refractivity contribution is 9.10. The molecule has 12 nitrogen and oxygen atoms in total. The van der Waals surface area contributed by atoms with Crippen molar-refractivity contribution in [2.75, 3.05) is 13.7 Å². The van der Waals surface area contributed by atoms with Crippen molar-refractivity contribution in [3.63, 3.8) is 0 Å². The Hall–Kier alpha value is -3.23. The van der Waals surface area contributed by atoms with Crippen LogP contribution in [0.2, 0.25) is 0 Å². The lowest BCUT2D eigenvalue weighted by Gasteiger charge is -2.30. The van der Waals surface area contributed by atoms with Gasteiger partial charge in [-0.1, -0.05) is 41.1 Å². The first-order valence-electron chi connectivity index (χ1n) is 16.2. The van der Waals surface area contributed by atoms with Crippen LogP contribution < -0.4 is 10.6 Å². The molecule has 48 heavy (non-hydrogen) atoms. The van der Waals surface area contributed by atoms with E-state index < -0.39 is 63.3 Å². The Kier molecular flexibility index (Phi) is 11.8. The van der Waals surface area contributed by atoms with Gasteiger partial charge in [0.15, 0.2) is 0 Å². The summed E-state index contributed by atoms with van der Waals surface area (Å²) in [7, 11) is -3.06. The first kappa shape index (κ1) is 37.6. The van der Waals surface area contributed by atoms with E-state index >= 15 is 0 Å². The molecule has 3 amide bonds. The first-order valence-corrected chi connectivity index (χ1v) is 18.4. The molecule has 1 heterocycles. The molecule has 2 aliphatic carbocycles. The number of esters is 1. The van der Waals surface area contributed by atoms with E-state index in [9.17, 15) is 27.6 Å². The molecule has 14 heteroatoms. The monoisotopic (exact) mass is 751 g/mol. The maximum Gasteiger partial charge on any atom is 0.408 e. The van der Waals surface area contributed by atoms with Crippen LogP contribution in [-0.4, -0.2) is 80.2 Å². The Morgan fingerprint density at radius 1 is 1.15 bits per heavy atom. The number of amides is 3. The predicted octanol–water partition coefficient (Wildman–Crippen LogP) is 4.63. The topological polar surface area (TPSA) is 157 Å². The molecule has 1 saturated heterocycles. The fraction of sp³-hybridized carbons (Fsp3) is 0.588. The standard InChI is InChI=1S/C34H46BrN3O9S/c1-7-9-10-11-12-21-17-26(21)28(36-32(42)46-33(3,4)5)30(40)38-20-24(47-48(43,44)25-15-13-23(35)14-16-25)18-27(38)29(39)37-34(31(41)45-6)19-22(34)8-2/h8-10,13-16,21-22,24,26-28H,2,7,11-12,17-20H2,1,3-6H3,(H,36,42)(H,37,39)/b10-9-/t21-,22-,24+,26?,27+,28+,34-/m1/s1. The van der Waals surface area contributed by atoms with Crippen molar-refractivity contribution in [3.8, 4) is 0 Å². The molecule has 1 aromatic rings. The van der Waals surface area contributed by atoms with E-state index in [4.69, 9.17) is 13.7 Å². The number of benzene rings is 1. The minimum absolute atomic E-state index is 0.0876. The molecule has 1 aromatic carbocycles. The summed E-state index contributed by atoms with van der Waals surface area (Å²) in [5, 5.41) is 5.51. The van der Waals surface area contributed by atoms with Crippen LogP contribution in [0.3, 0.4) is 0 Å². The molecule has 4 rings (SSSR count). The summed E-state index contributed by atoms with van der Waals surface area (Å²) in [5.41, 5.74) is -2.16. The van der Waals surface area contributed by atoms with Gasteiger partial charge in [-0.05, 0) is 89.0 Å². The minimum atomic E-state index is -4.27. The number of halogens is 1. The number of likely N-dealkylation sites (tertiary alicyclic amines) is 1. The second-order valence-electron chi connectivity index (χ2n) is 13.6. The lowest BCUT2D eigenvalue weighted by atomic mass is 10.1. The van der Waals surface area contributed by atoms with Crippen LogP contribution in [0.1, 0.15) is 66.2 Å². The van der Waals surface area contributed by atoms with Crippen LogP contribution in [0.15, 0.2) is 58.4 Å². The van der Waals surface area contributed by atoms with Crippen molar-refractivity contribution in [2.24, 2.45) is 17.8 Å². The number of carbonyl (C=O) groups excluding carboxylic acids is 4. The maximum atomic E-state index is 14.4. The van der Waals surface area contributed by atoms with Crippen LogP contribution in [-0.2, 0) is 38.2 Å². The van der Waals surface area contributed by atoms with Crippen molar-refractivity contribution in [2.45, 2.75) is 100 Å². The zero-order valence-corrected chi connectivity index (χ0v) is 30.5. The lowest BCUT2D eigenvalue weighted by Crippen LogP contribution is -2.57. The number of carbonyl (C=O) groups is 4. The van der Waals surface area contributed by atoms with Gasteiger partial charge < -0.3 is 25.0 Å². The molecular weight excluding hydrogens is 706 g/mol. The normalized spacial score (nSPS) is 27.2. The zero-order valence-electron chi connectivity index (χ0n) is 28.1. The van der Waals surface area contributed by atoms with E-state index in [0.717, 1.165) is 19.3 Å². The van der Waals surface area contributed by atoms with Crippen molar-refractivity contribution >= 4 is 49.9 Å². The second kappa shape index (κ2) is 15.1. The van der Waals surface area contributed by atoms with Gasteiger partial charge in [-0.25, -0.2) is 9.59 Å². The summed E-state index contributed by atoms with van der Waals surface area (Å²) in [6.45, 7) is 10.7. The molecule has 0 bridgehead atoms. The van der Waals surface area contributed by atoms with Crippen molar-refractivity contribution < 1.29 is 41.3 Å². The van der Waals surface area contributed by atoms with Crippen LogP contribution in [0.5, 0.6) is 0 Å². The van der Waals surface area contributed by atoms with Crippen molar-refractivity contribution in [1.29, 1.82) is 0 Å². The average Bonchev–Trinajstić information content (AvgIpc) is 3.90. The fourth-order valence-electron chi connectivity index (χ4n) is 6.25. The number of hydrogen-bond acceptors (Lipinski definition) is 9. The summed E-state index contributed by atoms with van der Waals surface area (Å²) < 4.78 is 43.2. The molecule has 1 unspecified atom stereocenters. The first-order chi connectivity index (χ1) is 22.5. The van der Waals surface area contributed by atoms with Crippen molar-refractivity contribution in [3.05, 3.63) is 53.5 Å². The minimum Gasteiger partial charge on any atom is -0.467 e. The van der Waals surface area contributed by atoms with Gasteiger partial charge in [-0.15, -0.1) is 6.58 Å². The molecule has 0 spiro atoms. The summed E-state index contributed by atoms with van der Waals surface area (Å²) in [6.07, 6.45) is 7.19. The molecule has 3 aliphatic rings. The molecule has 264 valence electrons. The smallest absolute Gasteiger partial charge is 0.408 e. The Labute approximate surface area is 291 Å². The summed E-state index contributed by atoms with van der Waals surface area (Å²) in [6, 6.07) is 3.65. The molecule has 2 N–H and O–H groups in total. The second-order valence-corrected chi connectivity index (χ2v) is 16.1. The number of ether oxygens (including phenoxy) is 2. The Morgan fingerprint density at radius 2 is 1.83 bits per heavy atom. The third-order valence-electron chi connectivity index (χ3n) is 8.86. The predicted molar refractivity (Wildman–Crippen MR) is 181 cm³/mol. The summed E-state index contributed by atoms with van der Waals surface area (Å²) in [5.74, 6) is -2.32. The Bertz CT molecular complexity index is 1520. The van der Waals surface area contributed by atoms with Crippen LogP contribution >= 0.6 is 15.9 Å². The van der Waals surface area contributed by atoms with Gasteiger partial charge in [0, 0.05) is 23.4 Å². The number of allylic oxidation sites excluding steroid dienone is 2. The van der Waals surface area contributed by atoms with E-state index in [0.29, 0.717) is 10.9 Å². The zero-order chi connectivity index (χ0) is 35.4. The number of hydrogen-bond donors (Lipinski definition) is 2. The van der Waals surface area contributed by atoms with Crippen LogP contribution in [0.25, 0.3) is 0 Å². The van der Waals surface area contributed by atoms with Gasteiger partial charge in [-0.3, -0.25) is 13.8 Å². The highest BCUT2D eigenvalue weighted by Gasteiger charge is 2.62. The van der Waals surface area contributed by atoms with Gasteiger partial charge in [0.2, 0.25) is 11.8 Å². The van der Waals surface area contributed by atoms with E-state index in [2.05, 4.69) is 45.3 Å². The molecular formula is C34H46BrN3O9S. The number of nitrogens with one attached hydrogen (secondary N) is 2. The largest absolute Gasteiger partial charge is 0.467 e. The Morgan fingerprint density at radius 3 is 2.42 bits per heavy atom. The average molecular weight is 753 g/mol. The molecule has 2 saturated carbocycles. The highest BCUT2D eigenvalue weighted by atomic mass is 79.9.